The molecule has 0 aliphatic carbocycles. The maximum absolute atomic E-state index is 10.4. The lowest BCUT2D eigenvalue weighted by molar-refractivity contribution is 0.218. The van der Waals surface area contributed by atoms with Crippen molar-refractivity contribution in [3.8, 4) is 0 Å². The first-order valence-electron chi connectivity index (χ1n) is 5.38. The van der Waals surface area contributed by atoms with E-state index in [4.69, 9.17) is 4.74 Å². The van der Waals surface area contributed by atoms with Gasteiger partial charge < -0.3 is 4.74 Å². The van der Waals surface area contributed by atoms with E-state index in [0.717, 1.165) is 25.2 Å². The lowest BCUT2D eigenvalue weighted by atomic mass is 10.1. The largest absolute Gasteiger partial charge is 0.494 e. The van der Waals surface area contributed by atoms with Gasteiger partial charge in [-0.3, -0.25) is 0 Å². The summed E-state index contributed by atoms with van der Waals surface area (Å²) in [6.07, 6.45) is 7.59. The number of unbranched alkanes of at least 4 members (excludes halogenated alkanes) is 1. The average Bonchev–Trinajstić information content (AvgIpc) is 2.23. The third-order valence-corrected chi connectivity index (χ3v) is 1.94. The molecule has 0 saturated carbocycles. The van der Waals surface area contributed by atoms with Crippen LogP contribution in [0.2, 0.25) is 0 Å². The topological polar surface area (TPSA) is 38.7 Å². The molecular weight excluding hydrogens is 190 g/mol. The van der Waals surface area contributed by atoms with Crippen LogP contribution in [0.15, 0.2) is 29.2 Å². The van der Waals surface area contributed by atoms with Crippen molar-refractivity contribution >= 4 is 0 Å². The number of nitrogens with zero attached hydrogens (tertiary/aromatic N) is 1. The fourth-order valence-corrected chi connectivity index (χ4v) is 0.879. The minimum atomic E-state index is -0.664. The highest BCUT2D eigenvalue weighted by molar-refractivity contribution is 5.16. The van der Waals surface area contributed by atoms with Crippen LogP contribution in [-0.4, -0.2) is 12.1 Å². The van der Waals surface area contributed by atoms with Crippen molar-refractivity contribution in [2.45, 2.75) is 46.1 Å². The van der Waals surface area contributed by atoms with Gasteiger partial charge in [-0.05, 0) is 39.3 Å². The number of nitroso groups, excluding NO2 is 1. The number of ether oxygens (including phenoxy) is 1. The van der Waals surface area contributed by atoms with Gasteiger partial charge in [-0.25, -0.2) is 0 Å². The second kappa shape index (κ2) is 7.21. The third-order valence-electron chi connectivity index (χ3n) is 1.94. The summed E-state index contributed by atoms with van der Waals surface area (Å²) in [7, 11) is 0. The Morgan fingerprint density at radius 2 is 2.13 bits per heavy atom. The monoisotopic (exact) mass is 211 g/mol. The molecule has 0 amide bonds. The Morgan fingerprint density at radius 1 is 1.47 bits per heavy atom. The van der Waals surface area contributed by atoms with Crippen molar-refractivity contribution in [1.82, 2.24) is 0 Å². The van der Waals surface area contributed by atoms with Crippen molar-refractivity contribution in [2.24, 2.45) is 5.18 Å². The number of rotatable bonds is 7. The molecular formula is C12H21NO2. The second-order valence-corrected chi connectivity index (χ2v) is 3.97. The molecule has 0 aliphatic heterocycles. The Balaban J connectivity index is 4.16. The predicted octanol–water partition coefficient (Wildman–Crippen LogP) is 3.81. The van der Waals surface area contributed by atoms with Gasteiger partial charge in [0.05, 0.1) is 6.61 Å². The highest BCUT2D eigenvalue weighted by Gasteiger charge is 2.12. The number of hydrogen-bond donors (Lipinski definition) is 0. The van der Waals surface area contributed by atoms with Gasteiger partial charge >= 0.3 is 0 Å². The van der Waals surface area contributed by atoms with E-state index in [1.54, 1.807) is 26.0 Å². The van der Waals surface area contributed by atoms with Crippen molar-refractivity contribution in [3.05, 3.63) is 28.9 Å². The van der Waals surface area contributed by atoms with E-state index in [2.05, 4.69) is 12.1 Å². The van der Waals surface area contributed by atoms with Gasteiger partial charge in [0.1, 0.15) is 11.3 Å². The quantitative estimate of drug-likeness (QED) is 0.278. The van der Waals surface area contributed by atoms with Gasteiger partial charge in [-0.2, -0.15) is 0 Å². The molecule has 0 aliphatic rings. The summed E-state index contributed by atoms with van der Waals surface area (Å²) in [5, 5.41) is 3.00. The van der Waals surface area contributed by atoms with Crippen LogP contribution in [0, 0.1) is 4.91 Å². The van der Waals surface area contributed by atoms with Crippen molar-refractivity contribution in [3.63, 3.8) is 0 Å². The zero-order valence-electron chi connectivity index (χ0n) is 10.1. The van der Waals surface area contributed by atoms with Crippen molar-refractivity contribution in [2.75, 3.05) is 6.61 Å². The highest BCUT2D eigenvalue weighted by atomic mass is 16.5. The first-order valence-corrected chi connectivity index (χ1v) is 5.38. The van der Waals surface area contributed by atoms with Gasteiger partial charge in [0.2, 0.25) is 0 Å². The van der Waals surface area contributed by atoms with E-state index in [9.17, 15) is 4.91 Å². The smallest absolute Gasteiger partial charge is 0.115 e. The Bertz CT molecular complexity index is 242. The molecule has 0 aromatic rings. The van der Waals surface area contributed by atoms with Crippen LogP contribution in [0.4, 0.5) is 0 Å². The molecule has 0 atom stereocenters. The number of allylic oxidation sites excluding steroid dienone is 2. The lowest BCUT2D eigenvalue weighted by Gasteiger charge is -2.10. The first-order chi connectivity index (χ1) is 7.05. The lowest BCUT2D eigenvalue weighted by Crippen LogP contribution is -2.10. The minimum absolute atomic E-state index is 0.664. The van der Waals surface area contributed by atoms with E-state index >= 15 is 0 Å². The number of hydrogen-bond acceptors (Lipinski definition) is 3. The maximum atomic E-state index is 10.4. The van der Waals surface area contributed by atoms with Gasteiger partial charge in [0.25, 0.3) is 0 Å². The average molecular weight is 211 g/mol. The minimum Gasteiger partial charge on any atom is -0.494 e. The van der Waals surface area contributed by atoms with Crippen molar-refractivity contribution in [1.29, 1.82) is 0 Å². The van der Waals surface area contributed by atoms with Gasteiger partial charge in [-0.1, -0.05) is 24.6 Å². The summed E-state index contributed by atoms with van der Waals surface area (Å²) in [4.78, 5) is 10.4. The standard InChI is InChI=1S/C12H21NO2/c1-5-7-10-15-11(6-2)8-9-12(3,4)13-14/h6,8-9H,5,7,10H2,1-4H3/b9-8-,11-6+. The Morgan fingerprint density at radius 3 is 2.60 bits per heavy atom. The predicted molar refractivity (Wildman–Crippen MR) is 63.6 cm³/mol. The Hall–Kier alpha value is -1.12. The van der Waals surface area contributed by atoms with Crippen LogP contribution < -0.4 is 0 Å². The fraction of sp³-hybridized carbons (Fsp3) is 0.667. The Kier molecular flexibility index (Phi) is 6.67. The maximum Gasteiger partial charge on any atom is 0.115 e. The molecule has 0 rings (SSSR count). The molecule has 0 fully saturated rings. The molecule has 0 spiro atoms. The normalized spacial score (nSPS) is 13.2. The van der Waals surface area contributed by atoms with Gasteiger partial charge in [0, 0.05) is 0 Å². The summed E-state index contributed by atoms with van der Waals surface area (Å²) in [5.41, 5.74) is -0.664. The molecule has 3 nitrogen and oxygen atoms in total. The molecule has 0 heterocycles. The molecule has 0 radical (unpaired) electrons. The van der Waals surface area contributed by atoms with Gasteiger partial charge in [-0.15, -0.1) is 4.91 Å². The molecule has 0 bridgehead atoms. The third kappa shape index (κ3) is 6.89. The van der Waals surface area contributed by atoms with Crippen LogP contribution in [0.5, 0.6) is 0 Å². The van der Waals surface area contributed by atoms with Crippen molar-refractivity contribution < 1.29 is 4.74 Å². The van der Waals surface area contributed by atoms with Crippen LogP contribution in [-0.2, 0) is 4.74 Å². The van der Waals surface area contributed by atoms with Crippen LogP contribution in [0.1, 0.15) is 40.5 Å². The van der Waals surface area contributed by atoms with E-state index in [-0.39, 0.29) is 0 Å². The van der Waals surface area contributed by atoms with Crippen LogP contribution in [0.25, 0.3) is 0 Å². The molecule has 3 heteroatoms. The summed E-state index contributed by atoms with van der Waals surface area (Å²) < 4.78 is 5.50. The second-order valence-electron chi connectivity index (χ2n) is 3.97. The zero-order chi connectivity index (χ0) is 11.7. The Labute approximate surface area is 92.2 Å². The first kappa shape index (κ1) is 13.9. The van der Waals surface area contributed by atoms with E-state index in [1.165, 1.54) is 0 Å². The molecule has 15 heavy (non-hydrogen) atoms. The fourth-order valence-electron chi connectivity index (χ4n) is 0.879. The SMILES string of the molecule is C/C=C(\C=C/C(C)(C)N=O)OCCCC. The summed E-state index contributed by atoms with van der Waals surface area (Å²) in [5.74, 6) is 0.792. The molecule has 0 N–H and O–H groups in total. The van der Waals surface area contributed by atoms with Crippen LogP contribution >= 0.6 is 0 Å². The summed E-state index contributed by atoms with van der Waals surface area (Å²) in [6.45, 7) is 8.27. The zero-order valence-corrected chi connectivity index (χ0v) is 10.1. The summed E-state index contributed by atoms with van der Waals surface area (Å²) in [6, 6.07) is 0. The molecule has 0 saturated heterocycles. The summed E-state index contributed by atoms with van der Waals surface area (Å²) >= 11 is 0. The van der Waals surface area contributed by atoms with E-state index in [0.29, 0.717) is 0 Å². The van der Waals surface area contributed by atoms with Crippen LogP contribution in [0.3, 0.4) is 0 Å². The molecule has 0 aromatic carbocycles. The molecule has 0 aromatic heterocycles. The molecule has 0 unspecified atom stereocenters. The highest BCUT2D eigenvalue weighted by Crippen LogP contribution is 2.12. The van der Waals surface area contributed by atoms with E-state index < -0.39 is 5.54 Å². The van der Waals surface area contributed by atoms with E-state index in [1.807, 2.05) is 13.0 Å². The van der Waals surface area contributed by atoms with Gasteiger partial charge in [0.15, 0.2) is 0 Å². The molecule has 86 valence electrons.